The highest BCUT2D eigenvalue weighted by Crippen LogP contribution is 2.42. The molecule has 0 bridgehead atoms. The summed E-state index contributed by atoms with van der Waals surface area (Å²) in [7, 11) is 0. The van der Waals surface area contributed by atoms with Crippen molar-refractivity contribution >= 4 is 27.5 Å². The summed E-state index contributed by atoms with van der Waals surface area (Å²) in [4.78, 5) is 4.46. The van der Waals surface area contributed by atoms with E-state index < -0.39 is 0 Å². The first kappa shape index (κ1) is 12.5. The highest BCUT2D eigenvalue weighted by Gasteiger charge is 2.40. The van der Waals surface area contributed by atoms with E-state index in [0.29, 0.717) is 5.92 Å². The minimum Gasteiger partial charge on any atom is -0.367 e. The fraction of sp³-hybridized carbons (Fsp3) is 0.818. The molecule has 2 atom stereocenters. The van der Waals surface area contributed by atoms with Crippen LogP contribution in [0.4, 0.5) is 0 Å². The fourth-order valence-electron chi connectivity index (χ4n) is 2.57. The van der Waals surface area contributed by atoms with E-state index in [2.05, 4.69) is 32.2 Å². The Morgan fingerprint density at radius 1 is 1.62 bits per heavy atom. The standard InChI is InChI=1S/C11H17BrN2OS/c1-3-15-11(6-4-5-8(2)7-11)9-13-10(12)16-14-9/h8H,3-7H2,1-2H3. The van der Waals surface area contributed by atoms with Crippen molar-refractivity contribution in [2.24, 2.45) is 5.92 Å². The number of halogens is 1. The first-order valence-corrected chi connectivity index (χ1v) is 7.36. The van der Waals surface area contributed by atoms with Crippen molar-refractivity contribution in [2.45, 2.75) is 45.1 Å². The molecule has 0 aliphatic heterocycles. The zero-order chi connectivity index (χ0) is 11.6. The second-order valence-corrected chi connectivity index (χ2v) is 6.53. The quantitative estimate of drug-likeness (QED) is 0.853. The minimum atomic E-state index is -0.227. The van der Waals surface area contributed by atoms with E-state index in [1.165, 1.54) is 24.4 Å². The first-order valence-electron chi connectivity index (χ1n) is 5.80. The van der Waals surface area contributed by atoms with Crippen LogP contribution in [0.5, 0.6) is 0 Å². The second kappa shape index (κ2) is 5.10. The van der Waals surface area contributed by atoms with Gasteiger partial charge in [0, 0.05) is 6.61 Å². The van der Waals surface area contributed by atoms with Crippen LogP contribution < -0.4 is 0 Å². The van der Waals surface area contributed by atoms with Gasteiger partial charge in [0.05, 0.1) is 0 Å². The molecule has 3 nitrogen and oxygen atoms in total. The maximum atomic E-state index is 6.00. The van der Waals surface area contributed by atoms with Crippen molar-refractivity contribution in [3.63, 3.8) is 0 Å². The molecular weight excluding hydrogens is 288 g/mol. The van der Waals surface area contributed by atoms with Gasteiger partial charge in [-0.25, -0.2) is 4.98 Å². The Labute approximate surface area is 109 Å². The van der Waals surface area contributed by atoms with E-state index >= 15 is 0 Å². The van der Waals surface area contributed by atoms with Crippen LogP contribution in [0, 0.1) is 5.92 Å². The molecule has 90 valence electrons. The van der Waals surface area contributed by atoms with Crippen LogP contribution in [-0.2, 0) is 10.3 Å². The summed E-state index contributed by atoms with van der Waals surface area (Å²) in [5, 5.41) is 0. The van der Waals surface area contributed by atoms with Gasteiger partial charge in [-0.15, -0.1) is 0 Å². The third-order valence-electron chi connectivity index (χ3n) is 3.19. The molecule has 2 unspecified atom stereocenters. The average Bonchev–Trinajstić information content (AvgIpc) is 2.66. The lowest BCUT2D eigenvalue weighted by Crippen LogP contribution is -2.36. The predicted molar refractivity (Wildman–Crippen MR) is 68.5 cm³/mol. The summed E-state index contributed by atoms with van der Waals surface area (Å²) in [5.41, 5.74) is -0.227. The van der Waals surface area contributed by atoms with Crippen molar-refractivity contribution in [2.75, 3.05) is 6.61 Å². The molecule has 0 amide bonds. The highest BCUT2D eigenvalue weighted by atomic mass is 79.9. The van der Waals surface area contributed by atoms with Crippen molar-refractivity contribution < 1.29 is 4.74 Å². The molecule has 1 aliphatic carbocycles. The lowest BCUT2D eigenvalue weighted by molar-refractivity contribution is -0.0874. The SMILES string of the molecule is CCOC1(c2nsc(Br)n2)CCCC(C)C1. The average molecular weight is 305 g/mol. The molecule has 0 N–H and O–H groups in total. The minimum absolute atomic E-state index is 0.227. The van der Waals surface area contributed by atoms with Gasteiger partial charge in [0.25, 0.3) is 0 Å². The summed E-state index contributed by atoms with van der Waals surface area (Å²) in [6.45, 7) is 5.06. The van der Waals surface area contributed by atoms with Gasteiger partial charge in [0.15, 0.2) is 9.74 Å². The summed E-state index contributed by atoms with van der Waals surface area (Å²) in [6.07, 6.45) is 4.59. The van der Waals surface area contributed by atoms with Crippen LogP contribution in [0.3, 0.4) is 0 Å². The van der Waals surface area contributed by atoms with Crippen LogP contribution in [-0.4, -0.2) is 16.0 Å². The lowest BCUT2D eigenvalue weighted by atomic mass is 9.78. The Bertz CT molecular complexity index is 354. The predicted octanol–water partition coefficient (Wildman–Crippen LogP) is 3.74. The Hall–Kier alpha value is -0.0000000000000000555. The van der Waals surface area contributed by atoms with Gasteiger partial charge >= 0.3 is 0 Å². The summed E-state index contributed by atoms with van der Waals surface area (Å²) >= 11 is 4.78. The van der Waals surface area contributed by atoms with Crippen LogP contribution in [0.2, 0.25) is 0 Å². The molecule has 0 saturated heterocycles. The van der Waals surface area contributed by atoms with Crippen LogP contribution in [0.1, 0.15) is 45.4 Å². The normalized spacial score (nSPS) is 30.6. The Morgan fingerprint density at radius 3 is 3.00 bits per heavy atom. The van der Waals surface area contributed by atoms with Crippen molar-refractivity contribution in [3.8, 4) is 0 Å². The van der Waals surface area contributed by atoms with Gasteiger partial charge in [-0.05, 0) is 59.6 Å². The van der Waals surface area contributed by atoms with Gasteiger partial charge in [-0.1, -0.05) is 13.3 Å². The molecule has 1 saturated carbocycles. The van der Waals surface area contributed by atoms with Crippen LogP contribution >= 0.6 is 27.5 Å². The molecular formula is C11H17BrN2OS. The van der Waals surface area contributed by atoms with E-state index in [1.807, 2.05) is 6.92 Å². The summed E-state index contributed by atoms with van der Waals surface area (Å²) < 4.78 is 11.3. The molecule has 1 aromatic rings. The van der Waals surface area contributed by atoms with Gasteiger partial charge in [-0.3, -0.25) is 0 Å². The van der Waals surface area contributed by atoms with Crippen LogP contribution in [0.25, 0.3) is 0 Å². The topological polar surface area (TPSA) is 35.0 Å². The molecule has 1 aromatic heterocycles. The Morgan fingerprint density at radius 2 is 2.44 bits per heavy atom. The van der Waals surface area contributed by atoms with E-state index in [4.69, 9.17) is 4.74 Å². The van der Waals surface area contributed by atoms with Crippen molar-refractivity contribution in [1.29, 1.82) is 0 Å². The van der Waals surface area contributed by atoms with Gasteiger partial charge in [-0.2, -0.15) is 4.37 Å². The number of hydrogen-bond acceptors (Lipinski definition) is 4. The largest absolute Gasteiger partial charge is 0.367 e. The van der Waals surface area contributed by atoms with Gasteiger partial charge in [0.1, 0.15) is 5.60 Å². The molecule has 1 fully saturated rings. The number of ether oxygens (including phenoxy) is 1. The zero-order valence-corrected chi connectivity index (χ0v) is 12.1. The fourth-order valence-corrected chi connectivity index (χ4v) is 3.45. The first-order chi connectivity index (χ1) is 7.66. The summed E-state index contributed by atoms with van der Waals surface area (Å²) in [5.74, 6) is 1.57. The van der Waals surface area contributed by atoms with E-state index in [0.717, 1.165) is 29.2 Å². The molecule has 0 spiro atoms. The molecule has 1 heterocycles. The molecule has 16 heavy (non-hydrogen) atoms. The summed E-state index contributed by atoms with van der Waals surface area (Å²) in [6, 6.07) is 0. The van der Waals surface area contributed by atoms with E-state index in [1.54, 1.807) is 0 Å². The second-order valence-electron chi connectivity index (χ2n) is 4.50. The Kier molecular flexibility index (Phi) is 3.97. The maximum Gasteiger partial charge on any atom is 0.179 e. The third kappa shape index (κ3) is 2.46. The molecule has 5 heteroatoms. The molecule has 1 aliphatic rings. The molecule has 2 rings (SSSR count). The number of aromatic nitrogens is 2. The van der Waals surface area contributed by atoms with E-state index in [9.17, 15) is 0 Å². The number of nitrogens with zero attached hydrogens (tertiary/aromatic N) is 2. The highest BCUT2D eigenvalue weighted by molar-refractivity contribution is 9.11. The van der Waals surface area contributed by atoms with Crippen LogP contribution in [0.15, 0.2) is 3.92 Å². The number of hydrogen-bond donors (Lipinski definition) is 0. The van der Waals surface area contributed by atoms with E-state index in [-0.39, 0.29) is 5.60 Å². The van der Waals surface area contributed by atoms with Gasteiger partial charge < -0.3 is 4.74 Å². The third-order valence-corrected chi connectivity index (χ3v) is 4.30. The zero-order valence-electron chi connectivity index (χ0n) is 9.70. The van der Waals surface area contributed by atoms with Gasteiger partial charge in [0.2, 0.25) is 0 Å². The molecule has 0 radical (unpaired) electrons. The lowest BCUT2D eigenvalue weighted by Gasteiger charge is -2.37. The Balaban J connectivity index is 2.27. The maximum absolute atomic E-state index is 6.00. The smallest absolute Gasteiger partial charge is 0.179 e. The molecule has 0 aromatic carbocycles. The monoisotopic (exact) mass is 304 g/mol. The van der Waals surface area contributed by atoms with Crippen molar-refractivity contribution in [1.82, 2.24) is 9.36 Å². The number of rotatable bonds is 3. The van der Waals surface area contributed by atoms with Crippen molar-refractivity contribution in [3.05, 3.63) is 9.74 Å².